The summed E-state index contributed by atoms with van der Waals surface area (Å²) in [5, 5.41) is 3.16. The Bertz CT molecular complexity index is 376. The topological polar surface area (TPSA) is 47.6 Å². The summed E-state index contributed by atoms with van der Waals surface area (Å²) >= 11 is 0. The van der Waals surface area contributed by atoms with Crippen molar-refractivity contribution in [2.24, 2.45) is 0 Å². The summed E-state index contributed by atoms with van der Waals surface area (Å²) in [6, 6.07) is 7.80. The van der Waals surface area contributed by atoms with Crippen molar-refractivity contribution in [3.63, 3.8) is 0 Å². The fraction of sp³-hybridized carbons (Fsp3) is 0.562. The molecule has 0 saturated heterocycles. The number of nitrogens with one attached hydrogen (secondary N) is 1. The van der Waals surface area contributed by atoms with E-state index in [2.05, 4.69) is 17.0 Å². The molecule has 0 aliphatic carbocycles. The number of carbonyl (C=O) groups excluding carboxylic acids is 1. The Balaban J connectivity index is 2.21. The molecule has 20 heavy (non-hydrogen) atoms. The number of anilines is 1. The summed E-state index contributed by atoms with van der Waals surface area (Å²) in [5.74, 6) is 0.685. The number of hydrogen-bond acceptors (Lipinski definition) is 4. The Morgan fingerprint density at radius 1 is 1.15 bits per heavy atom. The van der Waals surface area contributed by atoms with E-state index in [1.807, 2.05) is 24.3 Å². The van der Waals surface area contributed by atoms with Gasteiger partial charge in [0.2, 0.25) is 0 Å². The minimum atomic E-state index is -0.204. The van der Waals surface area contributed by atoms with Crippen molar-refractivity contribution in [2.45, 2.75) is 39.0 Å². The van der Waals surface area contributed by atoms with Gasteiger partial charge in [0.1, 0.15) is 5.75 Å². The molecular weight excluding hydrogens is 254 g/mol. The lowest BCUT2D eigenvalue weighted by Gasteiger charge is -2.08. The monoisotopic (exact) mass is 279 g/mol. The third-order valence-corrected chi connectivity index (χ3v) is 3.01. The maximum atomic E-state index is 11.0. The maximum absolute atomic E-state index is 11.0. The zero-order chi connectivity index (χ0) is 14.6. The molecule has 0 aliphatic rings. The highest BCUT2D eigenvalue weighted by Gasteiger charge is 2.00. The first kappa shape index (κ1) is 16.3. The molecule has 0 aromatic heterocycles. The minimum absolute atomic E-state index is 0.204. The summed E-state index contributed by atoms with van der Waals surface area (Å²) in [6.07, 6.45) is 5.21. The second-order valence-corrected chi connectivity index (χ2v) is 4.69. The molecule has 0 atom stereocenters. The van der Waals surface area contributed by atoms with E-state index in [9.17, 15) is 4.79 Å². The molecule has 1 aromatic rings. The van der Waals surface area contributed by atoms with Crippen molar-refractivity contribution >= 4 is 11.7 Å². The normalized spacial score (nSPS) is 10.1. The molecule has 1 N–H and O–H groups in total. The largest absolute Gasteiger partial charge is 0.494 e. The minimum Gasteiger partial charge on any atom is -0.494 e. The molecule has 0 saturated carbocycles. The average molecular weight is 279 g/mol. The van der Waals surface area contributed by atoms with Gasteiger partial charge in [0.15, 0.2) is 0 Å². The molecule has 0 heterocycles. The molecule has 4 nitrogen and oxygen atoms in total. The molecule has 0 radical (unpaired) electrons. The second kappa shape index (κ2) is 10.1. The van der Waals surface area contributed by atoms with E-state index in [0.29, 0.717) is 13.0 Å². The van der Waals surface area contributed by atoms with Crippen molar-refractivity contribution in [2.75, 3.05) is 25.6 Å². The number of unbranched alkanes of at least 4 members (excludes halogenated alkanes) is 3. The molecule has 0 fully saturated rings. The van der Waals surface area contributed by atoms with E-state index in [1.54, 1.807) is 0 Å². The van der Waals surface area contributed by atoms with Gasteiger partial charge in [-0.15, -0.1) is 0 Å². The SMILES string of the molecule is CCCCCCOc1ccc(NCCC(=O)OC)cc1. The van der Waals surface area contributed by atoms with Crippen LogP contribution in [0.1, 0.15) is 39.0 Å². The van der Waals surface area contributed by atoms with Gasteiger partial charge < -0.3 is 14.8 Å². The van der Waals surface area contributed by atoms with Gasteiger partial charge >= 0.3 is 5.97 Å². The Labute approximate surface area is 121 Å². The lowest BCUT2D eigenvalue weighted by Crippen LogP contribution is -2.09. The van der Waals surface area contributed by atoms with Gasteiger partial charge in [0.05, 0.1) is 20.1 Å². The number of methoxy groups -OCH3 is 1. The van der Waals surface area contributed by atoms with Crippen molar-refractivity contribution in [1.29, 1.82) is 0 Å². The molecule has 112 valence electrons. The molecule has 0 unspecified atom stereocenters. The average Bonchev–Trinajstić information content (AvgIpc) is 2.48. The van der Waals surface area contributed by atoms with Crippen LogP contribution in [0.15, 0.2) is 24.3 Å². The van der Waals surface area contributed by atoms with Crippen LogP contribution in [0.25, 0.3) is 0 Å². The van der Waals surface area contributed by atoms with Crippen molar-refractivity contribution in [1.82, 2.24) is 0 Å². The zero-order valence-corrected chi connectivity index (χ0v) is 12.5. The van der Waals surface area contributed by atoms with Crippen LogP contribution in [0.2, 0.25) is 0 Å². The first-order chi connectivity index (χ1) is 9.76. The van der Waals surface area contributed by atoms with Gasteiger partial charge in [-0.1, -0.05) is 26.2 Å². The van der Waals surface area contributed by atoms with Crippen LogP contribution >= 0.6 is 0 Å². The molecule has 0 aliphatic heterocycles. The molecule has 0 spiro atoms. The van der Waals surface area contributed by atoms with Gasteiger partial charge in [-0.25, -0.2) is 0 Å². The molecule has 0 bridgehead atoms. The summed E-state index contributed by atoms with van der Waals surface area (Å²) in [6.45, 7) is 3.55. The number of benzene rings is 1. The van der Waals surface area contributed by atoms with Crippen LogP contribution in [0.5, 0.6) is 5.75 Å². The van der Waals surface area contributed by atoms with Crippen LogP contribution in [0, 0.1) is 0 Å². The van der Waals surface area contributed by atoms with Gasteiger partial charge in [-0.3, -0.25) is 4.79 Å². The first-order valence-electron chi connectivity index (χ1n) is 7.29. The van der Waals surface area contributed by atoms with E-state index in [-0.39, 0.29) is 5.97 Å². The fourth-order valence-electron chi connectivity index (χ4n) is 1.80. The Morgan fingerprint density at radius 3 is 2.55 bits per heavy atom. The molecule has 1 rings (SSSR count). The van der Waals surface area contributed by atoms with E-state index in [4.69, 9.17) is 4.74 Å². The highest BCUT2D eigenvalue weighted by Crippen LogP contribution is 2.16. The molecule has 0 amide bonds. The summed E-state index contributed by atoms with van der Waals surface area (Å²) in [5.41, 5.74) is 0.979. The van der Waals surface area contributed by atoms with Crippen LogP contribution in [-0.4, -0.2) is 26.2 Å². The third kappa shape index (κ3) is 7.02. The Morgan fingerprint density at radius 2 is 1.90 bits per heavy atom. The van der Waals surface area contributed by atoms with Crippen LogP contribution in [-0.2, 0) is 9.53 Å². The smallest absolute Gasteiger partial charge is 0.307 e. The number of esters is 1. The number of rotatable bonds is 10. The van der Waals surface area contributed by atoms with E-state index in [1.165, 1.54) is 26.4 Å². The predicted octanol–water partition coefficient (Wildman–Crippen LogP) is 3.62. The van der Waals surface area contributed by atoms with E-state index in [0.717, 1.165) is 24.5 Å². The summed E-state index contributed by atoms with van der Waals surface area (Å²) in [7, 11) is 1.40. The highest BCUT2D eigenvalue weighted by molar-refractivity contribution is 5.69. The quantitative estimate of drug-likeness (QED) is 0.525. The summed E-state index contributed by atoms with van der Waals surface area (Å²) in [4.78, 5) is 11.0. The molecular formula is C16H25NO3. The van der Waals surface area contributed by atoms with Gasteiger partial charge in [-0.05, 0) is 30.7 Å². The number of ether oxygens (including phenoxy) is 2. The van der Waals surface area contributed by atoms with E-state index < -0.39 is 0 Å². The van der Waals surface area contributed by atoms with Crippen LogP contribution in [0.4, 0.5) is 5.69 Å². The van der Waals surface area contributed by atoms with Gasteiger partial charge in [0, 0.05) is 12.2 Å². The Kier molecular flexibility index (Phi) is 8.27. The van der Waals surface area contributed by atoms with Crippen LogP contribution < -0.4 is 10.1 Å². The standard InChI is InChI=1S/C16H25NO3/c1-3-4-5-6-13-20-15-9-7-14(8-10-15)17-12-11-16(18)19-2/h7-10,17H,3-6,11-13H2,1-2H3. The fourth-order valence-corrected chi connectivity index (χ4v) is 1.80. The first-order valence-corrected chi connectivity index (χ1v) is 7.29. The van der Waals surface area contributed by atoms with Gasteiger partial charge in [-0.2, -0.15) is 0 Å². The van der Waals surface area contributed by atoms with Crippen molar-refractivity contribution < 1.29 is 14.3 Å². The zero-order valence-electron chi connectivity index (χ0n) is 12.5. The lowest BCUT2D eigenvalue weighted by atomic mass is 10.2. The van der Waals surface area contributed by atoms with Crippen molar-refractivity contribution in [3.8, 4) is 5.75 Å². The number of carbonyl (C=O) groups is 1. The Hall–Kier alpha value is -1.71. The number of hydrogen-bond donors (Lipinski definition) is 1. The predicted molar refractivity (Wildman–Crippen MR) is 81.2 cm³/mol. The molecule has 4 heteroatoms. The van der Waals surface area contributed by atoms with E-state index >= 15 is 0 Å². The maximum Gasteiger partial charge on any atom is 0.307 e. The highest BCUT2D eigenvalue weighted by atomic mass is 16.5. The molecule has 1 aromatic carbocycles. The van der Waals surface area contributed by atoms with Gasteiger partial charge in [0.25, 0.3) is 0 Å². The lowest BCUT2D eigenvalue weighted by molar-refractivity contribution is -0.140. The third-order valence-electron chi connectivity index (χ3n) is 3.01. The second-order valence-electron chi connectivity index (χ2n) is 4.69. The summed E-state index contributed by atoms with van der Waals surface area (Å²) < 4.78 is 10.2. The van der Waals surface area contributed by atoms with Crippen LogP contribution in [0.3, 0.4) is 0 Å². The van der Waals surface area contributed by atoms with Crippen molar-refractivity contribution in [3.05, 3.63) is 24.3 Å².